The Hall–Kier alpha value is -1.95. The van der Waals surface area contributed by atoms with Gasteiger partial charge >= 0.3 is 0 Å². The minimum Gasteiger partial charge on any atom is -0.368 e. The lowest BCUT2D eigenvalue weighted by atomic mass is 10.2. The van der Waals surface area contributed by atoms with Crippen LogP contribution in [0.15, 0.2) is 48.5 Å². The highest BCUT2D eigenvalue weighted by Crippen LogP contribution is 2.32. The van der Waals surface area contributed by atoms with Crippen molar-refractivity contribution in [1.82, 2.24) is 4.98 Å². The first kappa shape index (κ1) is 16.5. The molecule has 0 spiro atoms. The monoisotopic (exact) mass is 372 g/mol. The summed E-state index contributed by atoms with van der Waals surface area (Å²) in [5.41, 5.74) is 1.91. The molecule has 1 saturated heterocycles. The summed E-state index contributed by atoms with van der Waals surface area (Å²) < 4.78 is 6.59. The Morgan fingerprint density at radius 2 is 2.12 bits per heavy atom. The molecule has 6 heteroatoms. The summed E-state index contributed by atoms with van der Waals surface area (Å²) in [6, 6.07) is 15.5. The second-order valence-electron chi connectivity index (χ2n) is 6.02. The predicted molar refractivity (Wildman–Crippen MR) is 101 cm³/mol. The third kappa shape index (κ3) is 3.54. The Bertz CT molecular complexity index is 891. The fourth-order valence-electron chi connectivity index (χ4n) is 2.95. The van der Waals surface area contributed by atoms with Gasteiger partial charge in [-0.15, -0.1) is 0 Å². The molecule has 4 nitrogen and oxygen atoms in total. The summed E-state index contributed by atoms with van der Waals surface area (Å²) in [6.45, 7) is 1.12. The van der Waals surface area contributed by atoms with Crippen LogP contribution >= 0.6 is 22.9 Å². The molecule has 0 unspecified atom stereocenters. The van der Waals surface area contributed by atoms with Crippen LogP contribution in [-0.4, -0.2) is 23.6 Å². The zero-order valence-electron chi connectivity index (χ0n) is 13.5. The molecule has 0 aliphatic carbocycles. The maximum absolute atomic E-state index is 13.0. The van der Waals surface area contributed by atoms with Crippen molar-refractivity contribution < 1.29 is 9.53 Å². The molecule has 128 valence electrons. The van der Waals surface area contributed by atoms with E-state index in [1.165, 1.54) is 11.3 Å². The summed E-state index contributed by atoms with van der Waals surface area (Å²) >= 11 is 7.56. The standard InChI is InChI=1S/C19H17ClN2O2S/c20-14-8-9-15-17(11-14)25-19(21-15)22(12-13-5-2-1-3-6-13)18(23)16-7-4-10-24-16/h1-3,5-6,8-9,11,16H,4,7,10,12H2/t16-/m1/s1. The first-order valence-corrected chi connectivity index (χ1v) is 9.43. The van der Waals surface area contributed by atoms with Gasteiger partial charge in [0, 0.05) is 11.6 Å². The first-order chi connectivity index (χ1) is 12.2. The molecule has 4 rings (SSSR count). The molecule has 1 fully saturated rings. The third-order valence-corrected chi connectivity index (χ3v) is 5.50. The van der Waals surface area contributed by atoms with Gasteiger partial charge in [0.15, 0.2) is 5.13 Å². The fraction of sp³-hybridized carbons (Fsp3) is 0.263. The SMILES string of the molecule is O=C([C@H]1CCCO1)N(Cc1ccccc1)c1nc2ccc(Cl)cc2s1. The van der Waals surface area contributed by atoms with Gasteiger partial charge in [-0.3, -0.25) is 9.69 Å². The normalized spacial score (nSPS) is 17.1. The van der Waals surface area contributed by atoms with Gasteiger partial charge < -0.3 is 4.74 Å². The highest BCUT2D eigenvalue weighted by molar-refractivity contribution is 7.22. The van der Waals surface area contributed by atoms with Crippen molar-refractivity contribution in [3.63, 3.8) is 0 Å². The van der Waals surface area contributed by atoms with E-state index in [2.05, 4.69) is 4.98 Å². The second-order valence-corrected chi connectivity index (χ2v) is 7.47. The van der Waals surface area contributed by atoms with Crippen LogP contribution in [0.25, 0.3) is 10.2 Å². The molecule has 3 aromatic rings. The number of nitrogens with zero attached hydrogens (tertiary/aromatic N) is 2. The maximum Gasteiger partial charge on any atom is 0.258 e. The average Bonchev–Trinajstić information content (AvgIpc) is 3.29. The van der Waals surface area contributed by atoms with Crippen LogP contribution < -0.4 is 4.90 Å². The highest BCUT2D eigenvalue weighted by Gasteiger charge is 2.30. The van der Waals surface area contributed by atoms with Crippen molar-refractivity contribution in [2.24, 2.45) is 0 Å². The molecule has 0 N–H and O–H groups in total. The molecule has 2 heterocycles. The topological polar surface area (TPSA) is 42.4 Å². The smallest absolute Gasteiger partial charge is 0.258 e. The van der Waals surface area contributed by atoms with Crippen LogP contribution in [0.3, 0.4) is 0 Å². The Labute approximate surface area is 155 Å². The van der Waals surface area contributed by atoms with E-state index < -0.39 is 0 Å². The van der Waals surface area contributed by atoms with E-state index in [1.807, 2.05) is 48.5 Å². The lowest BCUT2D eigenvalue weighted by Crippen LogP contribution is -2.38. The van der Waals surface area contributed by atoms with E-state index in [-0.39, 0.29) is 12.0 Å². The molecule has 25 heavy (non-hydrogen) atoms. The molecule has 0 saturated carbocycles. The highest BCUT2D eigenvalue weighted by atomic mass is 35.5. The molecule has 0 radical (unpaired) electrons. The minimum absolute atomic E-state index is 0.0218. The van der Waals surface area contributed by atoms with Gasteiger partial charge in [-0.2, -0.15) is 0 Å². The van der Waals surface area contributed by atoms with E-state index in [0.29, 0.717) is 23.3 Å². The minimum atomic E-state index is -0.376. The number of hydrogen-bond donors (Lipinski definition) is 0. The zero-order chi connectivity index (χ0) is 17.2. The fourth-order valence-corrected chi connectivity index (χ4v) is 4.20. The number of benzene rings is 2. The average molecular weight is 373 g/mol. The maximum atomic E-state index is 13.0. The number of thiazole rings is 1. The molecule has 1 aliphatic heterocycles. The number of halogens is 1. The van der Waals surface area contributed by atoms with Crippen LogP contribution in [0.2, 0.25) is 5.02 Å². The third-order valence-electron chi connectivity index (χ3n) is 4.22. The van der Waals surface area contributed by atoms with E-state index in [1.54, 1.807) is 4.90 Å². The Morgan fingerprint density at radius 3 is 2.88 bits per heavy atom. The Kier molecular flexibility index (Phi) is 4.70. The van der Waals surface area contributed by atoms with Crippen molar-refractivity contribution in [2.75, 3.05) is 11.5 Å². The number of carbonyl (C=O) groups excluding carboxylic acids is 1. The number of amides is 1. The van der Waals surface area contributed by atoms with Crippen molar-refractivity contribution in [2.45, 2.75) is 25.5 Å². The Morgan fingerprint density at radius 1 is 1.28 bits per heavy atom. The number of hydrogen-bond acceptors (Lipinski definition) is 4. The number of ether oxygens (including phenoxy) is 1. The van der Waals surface area contributed by atoms with Gasteiger partial charge in [0.2, 0.25) is 0 Å². The quantitative estimate of drug-likeness (QED) is 0.668. The molecule has 1 aliphatic rings. The largest absolute Gasteiger partial charge is 0.368 e. The van der Waals surface area contributed by atoms with Gasteiger partial charge in [0.05, 0.1) is 16.8 Å². The van der Waals surface area contributed by atoms with Gasteiger partial charge in [-0.25, -0.2) is 4.98 Å². The summed E-state index contributed by atoms with van der Waals surface area (Å²) in [4.78, 5) is 19.4. The molecule has 1 aromatic heterocycles. The summed E-state index contributed by atoms with van der Waals surface area (Å²) in [5, 5.41) is 1.35. The summed E-state index contributed by atoms with van der Waals surface area (Å²) in [6.07, 6.45) is 1.31. The van der Waals surface area contributed by atoms with Gasteiger partial charge in [-0.1, -0.05) is 53.3 Å². The van der Waals surface area contributed by atoms with Crippen LogP contribution in [0, 0.1) is 0 Å². The molecule has 1 amide bonds. The lowest BCUT2D eigenvalue weighted by Gasteiger charge is -2.23. The van der Waals surface area contributed by atoms with Crippen molar-refractivity contribution in [3.8, 4) is 0 Å². The summed E-state index contributed by atoms with van der Waals surface area (Å²) in [5.74, 6) is -0.0218. The lowest BCUT2D eigenvalue weighted by molar-refractivity contribution is -0.127. The molecule has 2 aromatic carbocycles. The number of fused-ring (bicyclic) bond motifs is 1. The van der Waals surface area contributed by atoms with Gasteiger partial charge in [-0.05, 0) is 36.6 Å². The van der Waals surface area contributed by atoms with E-state index in [9.17, 15) is 4.79 Å². The molecular formula is C19H17ClN2O2S. The zero-order valence-corrected chi connectivity index (χ0v) is 15.1. The number of rotatable bonds is 4. The van der Waals surface area contributed by atoms with Gasteiger partial charge in [0.25, 0.3) is 5.91 Å². The van der Waals surface area contributed by atoms with Gasteiger partial charge in [0.1, 0.15) is 6.10 Å². The second kappa shape index (κ2) is 7.12. The van der Waals surface area contributed by atoms with Crippen LogP contribution in [-0.2, 0) is 16.1 Å². The number of anilines is 1. The molecule has 0 bridgehead atoms. The van der Waals surface area contributed by atoms with Crippen LogP contribution in [0.5, 0.6) is 0 Å². The predicted octanol–water partition coefficient (Wildman–Crippen LogP) is 4.66. The number of aromatic nitrogens is 1. The van der Waals surface area contributed by atoms with E-state index >= 15 is 0 Å². The van der Waals surface area contributed by atoms with Crippen LogP contribution in [0.1, 0.15) is 18.4 Å². The van der Waals surface area contributed by atoms with E-state index in [4.69, 9.17) is 16.3 Å². The Balaban J connectivity index is 1.71. The van der Waals surface area contributed by atoms with Crippen molar-refractivity contribution in [3.05, 3.63) is 59.1 Å². The molecule has 1 atom stereocenters. The van der Waals surface area contributed by atoms with Crippen molar-refractivity contribution >= 4 is 44.2 Å². The number of carbonyl (C=O) groups is 1. The van der Waals surface area contributed by atoms with Crippen LogP contribution in [0.4, 0.5) is 5.13 Å². The molecular weight excluding hydrogens is 356 g/mol. The van der Waals surface area contributed by atoms with E-state index in [0.717, 1.165) is 28.6 Å². The van der Waals surface area contributed by atoms with Crippen molar-refractivity contribution in [1.29, 1.82) is 0 Å². The first-order valence-electron chi connectivity index (χ1n) is 8.24. The summed E-state index contributed by atoms with van der Waals surface area (Å²) in [7, 11) is 0.